The van der Waals surface area contributed by atoms with E-state index in [-0.39, 0.29) is 11.5 Å². The van der Waals surface area contributed by atoms with Crippen LogP contribution >= 0.6 is 0 Å². The van der Waals surface area contributed by atoms with Gasteiger partial charge in [-0.2, -0.15) is 5.10 Å². The highest BCUT2D eigenvalue weighted by Crippen LogP contribution is 2.27. The number of nitrogens with zero attached hydrogens (tertiary/aromatic N) is 3. The average Bonchev–Trinajstić information content (AvgIpc) is 3.29. The van der Waals surface area contributed by atoms with Crippen LogP contribution in [0.5, 0.6) is 5.75 Å². The third-order valence-electron chi connectivity index (χ3n) is 5.36. The summed E-state index contributed by atoms with van der Waals surface area (Å²) in [6, 6.07) is 23.5. The fourth-order valence-corrected chi connectivity index (χ4v) is 3.70. The lowest BCUT2D eigenvalue weighted by Gasteiger charge is -2.21. The Balaban J connectivity index is 1.73. The Morgan fingerprint density at radius 1 is 1.09 bits per heavy atom. The molecule has 33 heavy (non-hydrogen) atoms. The van der Waals surface area contributed by atoms with Crippen LogP contribution in [0.2, 0.25) is 0 Å². The first-order chi connectivity index (χ1) is 16.1. The molecule has 0 aliphatic carbocycles. The summed E-state index contributed by atoms with van der Waals surface area (Å²) < 4.78 is 7.04. The average molecular weight is 440 g/mol. The van der Waals surface area contributed by atoms with E-state index in [1.807, 2.05) is 85.1 Å². The lowest BCUT2D eigenvalue weighted by molar-refractivity contribution is -0.114. The summed E-state index contributed by atoms with van der Waals surface area (Å²) in [5.41, 5.74) is 2.84. The van der Waals surface area contributed by atoms with Crippen molar-refractivity contribution in [1.82, 2.24) is 9.61 Å². The van der Waals surface area contributed by atoms with Gasteiger partial charge in [-0.15, -0.1) is 0 Å². The number of Topliss-reactive ketones (excluding diaryl/α,β-unsaturated/α-hetero) is 1. The van der Waals surface area contributed by atoms with E-state index in [2.05, 4.69) is 15.4 Å². The first kappa shape index (κ1) is 22.0. The lowest BCUT2D eigenvalue weighted by atomic mass is 9.89. The molecule has 2 heterocycles. The van der Waals surface area contributed by atoms with Crippen molar-refractivity contribution in [2.24, 2.45) is 4.99 Å². The van der Waals surface area contributed by atoms with Crippen LogP contribution in [0, 0.1) is 5.41 Å². The first-order valence-corrected chi connectivity index (χ1v) is 10.6. The summed E-state index contributed by atoms with van der Waals surface area (Å²) in [6.07, 6.45) is 3.45. The van der Waals surface area contributed by atoms with Crippen LogP contribution in [-0.4, -0.2) is 41.5 Å². The van der Waals surface area contributed by atoms with E-state index in [4.69, 9.17) is 10.1 Å². The summed E-state index contributed by atoms with van der Waals surface area (Å²) >= 11 is 0. The molecular formula is C26H25N5O2. The third-order valence-corrected chi connectivity index (χ3v) is 5.36. The molecule has 0 saturated heterocycles. The number of carbonyl (C=O) groups is 1. The number of nitrogens with one attached hydrogen (secondary N) is 2. The molecule has 2 aromatic heterocycles. The molecule has 0 bridgehead atoms. The van der Waals surface area contributed by atoms with Gasteiger partial charge in [0.15, 0.2) is 0 Å². The quantitative estimate of drug-likeness (QED) is 0.374. The number of carbonyl (C=O) groups excluding carboxylic acids is 1. The summed E-state index contributed by atoms with van der Waals surface area (Å²) in [7, 11) is 3.23. The molecule has 7 nitrogen and oxygen atoms in total. The van der Waals surface area contributed by atoms with Crippen molar-refractivity contribution in [2.45, 2.75) is 12.0 Å². The molecule has 2 atom stereocenters. The van der Waals surface area contributed by atoms with Gasteiger partial charge in [0, 0.05) is 31.2 Å². The normalized spacial score (nSPS) is 13.0. The van der Waals surface area contributed by atoms with Gasteiger partial charge in [-0.3, -0.25) is 9.79 Å². The summed E-state index contributed by atoms with van der Waals surface area (Å²) in [4.78, 5) is 17.9. The molecule has 0 amide bonds. The number of hydrogen-bond donors (Lipinski definition) is 2. The van der Waals surface area contributed by atoms with E-state index in [0.717, 1.165) is 11.1 Å². The van der Waals surface area contributed by atoms with Crippen LogP contribution in [0.1, 0.15) is 23.2 Å². The molecule has 0 aliphatic heterocycles. The summed E-state index contributed by atoms with van der Waals surface area (Å²) in [6.45, 7) is 0. The molecular weight excluding hydrogens is 414 g/mol. The van der Waals surface area contributed by atoms with Crippen molar-refractivity contribution in [2.75, 3.05) is 19.5 Å². The van der Waals surface area contributed by atoms with Crippen molar-refractivity contribution >= 4 is 28.9 Å². The highest BCUT2D eigenvalue weighted by Gasteiger charge is 2.31. The fraction of sp³-hybridized carbons (Fsp3) is 0.154. The summed E-state index contributed by atoms with van der Waals surface area (Å²) in [5, 5.41) is 16.7. The fourth-order valence-electron chi connectivity index (χ4n) is 3.70. The second-order valence-electron chi connectivity index (χ2n) is 7.52. The molecule has 2 aromatic carbocycles. The Kier molecular flexibility index (Phi) is 6.59. The Labute approximate surface area is 192 Å². The number of aliphatic imine (C=N–C) groups is 1. The number of benzene rings is 2. The Hall–Kier alpha value is -4.26. The highest BCUT2D eigenvalue weighted by atomic mass is 16.5. The zero-order valence-corrected chi connectivity index (χ0v) is 18.5. The van der Waals surface area contributed by atoms with Gasteiger partial charge in [-0.1, -0.05) is 42.5 Å². The molecule has 2 unspecified atom stereocenters. The van der Waals surface area contributed by atoms with E-state index >= 15 is 0 Å². The van der Waals surface area contributed by atoms with Crippen LogP contribution in [0.15, 0.2) is 90.1 Å². The SMILES string of the molecule is CN=CC(C(=N)C(=O)C(Nc1cccc(OC)c1)c1cc2ccccn2n1)c1ccccc1. The number of rotatable bonds is 9. The van der Waals surface area contributed by atoms with E-state index in [9.17, 15) is 4.79 Å². The Bertz CT molecular complexity index is 1260. The van der Waals surface area contributed by atoms with Crippen LogP contribution < -0.4 is 10.1 Å². The molecule has 7 heteroatoms. The van der Waals surface area contributed by atoms with Gasteiger partial charge < -0.3 is 15.5 Å². The first-order valence-electron chi connectivity index (χ1n) is 10.6. The van der Waals surface area contributed by atoms with E-state index < -0.39 is 12.0 Å². The molecule has 0 fully saturated rings. The molecule has 166 valence electrons. The third kappa shape index (κ3) is 4.82. The topological polar surface area (TPSA) is 91.8 Å². The standard InChI is InChI=1S/C26H25N5O2/c1-28-17-22(18-9-4-3-5-10-18)24(27)26(32)25(29-19-11-8-13-21(15-19)33-2)23-16-20-12-6-7-14-31(20)30-23/h3-17,22,25,27,29H,1-2H3. The monoisotopic (exact) mass is 439 g/mol. The van der Waals surface area contributed by atoms with E-state index in [1.165, 1.54) is 0 Å². The number of ether oxygens (including phenoxy) is 1. The van der Waals surface area contributed by atoms with Gasteiger partial charge >= 0.3 is 0 Å². The Morgan fingerprint density at radius 3 is 2.61 bits per heavy atom. The minimum absolute atomic E-state index is 0.0655. The highest BCUT2D eigenvalue weighted by molar-refractivity contribution is 6.45. The number of fused-ring (bicyclic) bond motifs is 1. The number of methoxy groups -OCH3 is 1. The zero-order chi connectivity index (χ0) is 23.2. The van der Waals surface area contributed by atoms with Gasteiger partial charge in [-0.05, 0) is 35.9 Å². The van der Waals surface area contributed by atoms with Gasteiger partial charge in [0.1, 0.15) is 11.8 Å². The van der Waals surface area contributed by atoms with Gasteiger partial charge in [0.05, 0.1) is 30.0 Å². The van der Waals surface area contributed by atoms with Crippen molar-refractivity contribution < 1.29 is 9.53 Å². The number of aromatic nitrogens is 2. The second-order valence-corrected chi connectivity index (χ2v) is 7.52. The smallest absolute Gasteiger partial charge is 0.205 e. The second kappa shape index (κ2) is 9.91. The minimum atomic E-state index is -0.860. The molecule has 0 saturated carbocycles. The van der Waals surface area contributed by atoms with Crippen LogP contribution in [0.25, 0.3) is 5.52 Å². The molecule has 2 N–H and O–H groups in total. The number of ketones is 1. The Morgan fingerprint density at radius 2 is 1.88 bits per heavy atom. The van der Waals surface area contributed by atoms with Crippen molar-refractivity contribution in [3.8, 4) is 5.75 Å². The largest absolute Gasteiger partial charge is 0.497 e. The maximum Gasteiger partial charge on any atom is 0.205 e. The summed E-state index contributed by atoms with van der Waals surface area (Å²) in [5.74, 6) is -0.276. The van der Waals surface area contributed by atoms with Crippen LogP contribution in [-0.2, 0) is 4.79 Å². The van der Waals surface area contributed by atoms with Crippen molar-refractivity contribution in [3.05, 3.63) is 96.3 Å². The van der Waals surface area contributed by atoms with Gasteiger partial charge in [-0.25, -0.2) is 4.52 Å². The van der Waals surface area contributed by atoms with E-state index in [1.54, 1.807) is 24.9 Å². The zero-order valence-electron chi connectivity index (χ0n) is 18.5. The van der Waals surface area contributed by atoms with Crippen molar-refractivity contribution in [1.29, 1.82) is 5.41 Å². The molecule has 0 spiro atoms. The number of anilines is 1. The predicted octanol–water partition coefficient (Wildman–Crippen LogP) is 4.57. The van der Waals surface area contributed by atoms with Crippen molar-refractivity contribution in [3.63, 3.8) is 0 Å². The van der Waals surface area contributed by atoms with Gasteiger partial charge in [0.2, 0.25) is 5.78 Å². The molecule has 4 aromatic rings. The molecule has 4 rings (SSSR count). The maximum atomic E-state index is 13.7. The minimum Gasteiger partial charge on any atom is -0.497 e. The van der Waals surface area contributed by atoms with Gasteiger partial charge in [0.25, 0.3) is 0 Å². The predicted molar refractivity (Wildman–Crippen MR) is 131 cm³/mol. The number of hydrogen-bond acceptors (Lipinski definition) is 6. The van der Waals surface area contributed by atoms with Crippen LogP contribution in [0.4, 0.5) is 5.69 Å². The maximum absolute atomic E-state index is 13.7. The number of pyridine rings is 1. The molecule has 0 radical (unpaired) electrons. The van der Waals surface area contributed by atoms with E-state index in [0.29, 0.717) is 17.1 Å². The lowest BCUT2D eigenvalue weighted by Crippen LogP contribution is -2.32. The molecule has 0 aliphatic rings. The van der Waals surface area contributed by atoms with Crippen LogP contribution in [0.3, 0.4) is 0 Å².